The second-order valence-corrected chi connectivity index (χ2v) is 5.72. The molecule has 122 valence electrons. The molecule has 0 aliphatic heterocycles. The van der Waals surface area contributed by atoms with Crippen LogP contribution in [-0.4, -0.2) is 11.8 Å². The van der Waals surface area contributed by atoms with Gasteiger partial charge < -0.3 is 10.6 Å². The SMILES string of the molecule is O=C(C=Cc1ccc(F)cc1)Nc1ccc(NC(=O)C2CC2)cc1. The van der Waals surface area contributed by atoms with Crippen molar-refractivity contribution in [2.24, 2.45) is 5.92 Å². The highest BCUT2D eigenvalue weighted by Gasteiger charge is 2.29. The van der Waals surface area contributed by atoms with E-state index in [4.69, 9.17) is 0 Å². The highest BCUT2D eigenvalue weighted by Crippen LogP contribution is 2.30. The average molecular weight is 324 g/mol. The Labute approximate surface area is 139 Å². The highest BCUT2D eigenvalue weighted by atomic mass is 19.1. The van der Waals surface area contributed by atoms with E-state index in [0.717, 1.165) is 18.4 Å². The van der Waals surface area contributed by atoms with Gasteiger partial charge in [0, 0.05) is 23.4 Å². The molecule has 1 aliphatic carbocycles. The molecule has 3 rings (SSSR count). The van der Waals surface area contributed by atoms with Gasteiger partial charge in [0.05, 0.1) is 0 Å². The second kappa shape index (κ2) is 7.08. The van der Waals surface area contributed by atoms with Crippen LogP contribution in [0, 0.1) is 11.7 Å². The molecule has 0 aromatic heterocycles. The Morgan fingerprint density at radius 2 is 1.50 bits per heavy atom. The number of amides is 2. The quantitative estimate of drug-likeness (QED) is 0.821. The predicted octanol–water partition coefficient (Wildman–Crippen LogP) is 3.83. The van der Waals surface area contributed by atoms with Gasteiger partial charge in [-0.05, 0) is 60.9 Å². The van der Waals surface area contributed by atoms with Crippen LogP contribution in [0.4, 0.5) is 15.8 Å². The van der Waals surface area contributed by atoms with Gasteiger partial charge in [0.2, 0.25) is 11.8 Å². The summed E-state index contributed by atoms with van der Waals surface area (Å²) in [6.07, 6.45) is 4.91. The summed E-state index contributed by atoms with van der Waals surface area (Å²) < 4.78 is 12.8. The van der Waals surface area contributed by atoms with Crippen molar-refractivity contribution in [3.8, 4) is 0 Å². The van der Waals surface area contributed by atoms with E-state index >= 15 is 0 Å². The van der Waals surface area contributed by atoms with Gasteiger partial charge in [-0.3, -0.25) is 9.59 Å². The van der Waals surface area contributed by atoms with E-state index in [1.54, 1.807) is 42.5 Å². The Balaban J connectivity index is 1.53. The lowest BCUT2D eigenvalue weighted by Crippen LogP contribution is -2.13. The average Bonchev–Trinajstić information content (AvgIpc) is 3.41. The number of carbonyl (C=O) groups is 2. The Morgan fingerprint density at radius 1 is 0.917 bits per heavy atom. The van der Waals surface area contributed by atoms with E-state index in [1.165, 1.54) is 18.2 Å². The van der Waals surface area contributed by atoms with E-state index in [1.807, 2.05) is 0 Å². The van der Waals surface area contributed by atoms with Crippen molar-refractivity contribution in [3.05, 3.63) is 66.0 Å². The molecule has 2 aromatic rings. The van der Waals surface area contributed by atoms with Crippen LogP contribution in [0.2, 0.25) is 0 Å². The molecule has 4 nitrogen and oxygen atoms in total. The second-order valence-electron chi connectivity index (χ2n) is 5.72. The van der Waals surface area contributed by atoms with Crippen LogP contribution in [0.1, 0.15) is 18.4 Å². The standard InChI is InChI=1S/C19H17FN2O2/c20-15-6-1-13(2-7-15)3-12-18(23)21-16-8-10-17(11-9-16)22-19(24)14-4-5-14/h1-3,6-12,14H,4-5H2,(H,21,23)(H,22,24). The first-order chi connectivity index (χ1) is 11.6. The molecule has 2 amide bonds. The minimum Gasteiger partial charge on any atom is -0.326 e. The predicted molar refractivity (Wildman–Crippen MR) is 91.9 cm³/mol. The third-order valence-electron chi connectivity index (χ3n) is 3.67. The first-order valence-electron chi connectivity index (χ1n) is 7.76. The van der Waals surface area contributed by atoms with E-state index in [0.29, 0.717) is 11.4 Å². The maximum absolute atomic E-state index is 12.8. The summed E-state index contributed by atoms with van der Waals surface area (Å²) in [5.41, 5.74) is 2.09. The van der Waals surface area contributed by atoms with Gasteiger partial charge in [-0.2, -0.15) is 0 Å². The van der Waals surface area contributed by atoms with Crippen LogP contribution in [0.15, 0.2) is 54.6 Å². The number of hydrogen-bond acceptors (Lipinski definition) is 2. The first kappa shape index (κ1) is 15.9. The van der Waals surface area contributed by atoms with Gasteiger partial charge in [0.1, 0.15) is 5.82 Å². The summed E-state index contributed by atoms with van der Waals surface area (Å²) in [5.74, 6) is -0.394. The monoisotopic (exact) mass is 324 g/mol. The molecule has 1 aliphatic rings. The Morgan fingerprint density at radius 3 is 2.08 bits per heavy atom. The van der Waals surface area contributed by atoms with Crippen LogP contribution < -0.4 is 10.6 Å². The summed E-state index contributed by atoms with van der Waals surface area (Å²) >= 11 is 0. The van der Waals surface area contributed by atoms with Crippen molar-refractivity contribution >= 4 is 29.3 Å². The third kappa shape index (κ3) is 4.52. The highest BCUT2D eigenvalue weighted by molar-refractivity contribution is 6.02. The summed E-state index contributed by atoms with van der Waals surface area (Å²) in [7, 11) is 0. The van der Waals surface area contributed by atoms with Crippen LogP contribution >= 0.6 is 0 Å². The van der Waals surface area contributed by atoms with Crippen molar-refractivity contribution in [1.29, 1.82) is 0 Å². The lowest BCUT2D eigenvalue weighted by atomic mass is 10.2. The molecule has 5 heteroatoms. The van der Waals surface area contributed by atoms with E-state index < -0.39 is 0 Å². The van der Waals surface area contributed by atoms with E-state index in [9.17, 15) is 14.0 Å². The van der Waals surface area contributed by atoms with Crippen LogP contribution in [0.25, 0.3) is 6.08 Å². The van der Waals surface area contributed by atoms with Crippen molar-refractivity contribution in [2.75, 3.05) is 10.6 Å². The smallest absolute Gasteiger partial charge is 0.248 e. The normalized spacial score (nSPS) is 13.7. The number of halogens is 1. The minimum atomic E-state index is -0.314. The number of anilines is 2. The van der Waals surface area contributed by atoms with Gasteiger partial charge in [0.25, 0.3) is 0 Å². The van der Waals surface area contributed by atoms with Gasteiger partial charge in [-0.25, -0.2) is 4.39 Å². The molecule has 0 heterocycles. The van der Waals surface area contributed by atoms with Crippen LogP contribution in [0.3, 0.4) is 0 Å². The van der Waals surface area contributed by atoms with Crippen molar-refractivity contribution in [3.63, 3.8) is 0 Å². The molecule has 1 saturated carbocycles. The van der Waals surface area contributed by atoms with Crippen molar-refractivity contribution in [2.45, 2.75) is 12.8 Å². The van der Waals surface area contributed by atoms with Gasteiger partial charge in [0.15, 0.2) is 0 Å². The fraction of sp³-hybridized carbons (Fsp3) is 0.158. The molecule has 0 unspecified atom stereocenters. The number of nitrogens with one attached hydrogen (secondary N) is 2. The Bertz CT molecular complexity index is 763. The molecule has 0 radical (unpaired) electrons. The van der Waals surface area contributed by atoms with Gasteiger partial charge in [-0.15, -0.1) is 0 Å². The van der Waals surface area contributed by atoms with Gasteiger partial charge >= 0.3 is 0 Å². The third-order valence-corrected chi connectivity index (χ3v) is 3.67. The molecule has 0 bridgehead atoms. The summed E-state index contributed by atoms with van der Waals surface area (Å²) in [6.45, 7) is 0. The summed E-state index contributed by atoms with van der Waals surface area (Å²) in [6, 6.07) is 12.8. The van der Waals surface area contributed by atoms with Gasteiger partial charge in [-0.1, -0.05) is 12.1 Å². The number of carbonyl (C=O) groups excluding carboxylic acids is 2. The molecule has 1 fully saturated rings. The maximum Gasteiger partial charge on any atom is 0.248 e. The van der Waals surface area contributed by atoms with Crippen LogP contribution in [0.5, 0.6) is 0 Å². The molecule has 2 N–H and O–H groups in total. The number of hydrogen-bond donors (Lipinski definition) is 2. The number of rotatable bonds is 5. The zero-order chi connectivity index (χ0) is 16.9. The zero-order valence-electron chi connectivity index (χ0n) is 13.0. The molecule has 0 saturated heterocycles. The van der Waals surface area contributed by atoms with E-state index in [2.05, 4.69) is 10.6 Å². The fourth-order valence-corrected chi connectivity index (χ4v) is 2.16. The lowest BCUT2D eigenvalue weighted by molar-refractivity contribution is -0.117. The summed E-state index contributed by atoms with van der Waals surface area (Å²) in [4.78, 5) is 23.5. The topological polar surface area (TPSA) is 58.2 Å². The Hall–Kier alpha value is -2.95. The maximum atomic E-state index is 12.8. The fourth-order valence-electron chi connectivity index (χ4n) is 2.16. The minimum absolute atomic E-state index is 0.0500. The molecule has 0 spiro atoms. The summed E-state index contributed by atoms with van der Waals surface area (Å²) in [5, 5.41) is 5.57. The molecule has 2 aromatic carbocycles. The molecule has 24 heavy (non-hydrogen) atoms. The zero-order valence-corrected chi connectivity index (χ0v) is 13.0. The van der Waals surface area contributed by atoms with Crippen molar-refractivity contribution in [1.82, 2.24) is 0 Å². The molecular formula is C19H17FN2O2. The van der Waals surface area contributed by atoms with E-state index in [-0.39, 0.29) is 23.5 Å². The number of benzene rings is 2. The lowest BCUT2D eigenvalue weighted by Gasteiger charge is -2.06. The first-order valence-corrected chi connectivity index (χ1v) is 7.76. The molecular weight excluding hydrogens is 307 g/mol. The largest absolute Gasteiger partial charge is 0.326 e. The van der Waals surface area contributed by atoms with Crippen molar-refractivity contribution < 1.29 is 14.0 Å². The Kier molecular flexibility index (Phi) is 4.70. The van der Waals surface area contributed by atoms with Crippen LogP contribution in [-0.2, 0) is 9.59 Å². The molecule has 0 atom stereocenters.